The van der Waals surface area contributed by atoms with E-state index in [1.54, 1.807) is 6.07 Å². The first-order valence-corrected chi connectivity index (χ1v) is 12.5. The molecule has 0 saturated carbocycles. The van der Waals surface area contributed by atoms with E-state index in [1.165, 1.54) is 12.3 Å². The fourth-order valence-corrected chi connectivity index (χ4v) is 5.29. The van der Waals surface area contributed by atoms with Crippen LogP contribution in [0.3, 0.4) is 0 Å². The highest BCUT2D eigenvalue weighted by molar-refractivity contribution is 7.90. The highest BCUT2D eigenvalue weighted by Crippen LogP contribution is 2.50. The van der Waals surface area contributed by atoms with Crippen molar-refractivity contribution in [1.82, 2.24) is 9.88 Å². The average molecular weight is 471 g/mol. The molecule has 9 heteroatoms. The van der Waals surface area contributed by atoms with Gasteiger partial charge >= 0.3 is 0 Å². The summed E-state index contributed by atoms with van der Waals surface area (Å²) in [4.78, 5) is 6.20. The molecule has 2 atom stereocenters. The van der Waals surface area contributed by atoms with Crippen molar-refractivity contribution >= 4 is 21.4 Å². The lowest BCUT2D eigenvalue weighted by Crippen LogP contribution is -2.61. The van der Waals surface area contributed by atoms with Gasteiger partial charge in [-0.1, -0.05) is 29.8 Å². The molecule has 0 aliphatic carbocycles. The molecule has 2 fully saturated rings. The summed E-state index contributed by atoms with van der Waals surface area (Å²) in [5.41, 5.74) is 1.25. The zero-order chi connectivity index (χ0) is 22.3. The van der Waals surface area contributed by atoms with Crippen LogP contribution in [0.5, 0.6) is 0 Å². The summed E-state index contributed by atoms with van der Waals surface area (Å²) in [7, 11) is -3.37. The predicted molar refractivity (Wildman–Crippen MR) is 114 cm³/mol. The zero-order valence-electron chi connectivity index (χ0n) is 17.2. The molecule has 1 aromatic carbocycles. The minimum absolute atomic E-state index is 0.00910. The number of alkyl halides is 2. The van der Waals surface area contributed by atoms with Gasteiger partial charge in [-0.25, -0.2) is 22.2 Å². The number of nitrogens with zero attached hydrogens (tertiary/aromatic N) is 2. The van der Waals surface area contributed by atoms with Crippen LogP contribution in [0.1, 0.15) is 24.0 Å². The van der Waals surface area contributed by atoms with Crippen molar-refractivity contribution in [3.63, 3.8) is 0 Å². The van der Waals surface area contributed by atoms with Gasteiger partial charge in [0.2, 0.25) is 0 Å². The molecule has 5 nitrogen and oxygen atoms in total. The number of halogens is 3. The number of aromatic nitrogens is 1. The Morgan fingerprint density at radius 2 is 1.90 bits per heavy atom. The molecular formula is C22H25ClF2N2O3S. The maximum atomic E-state index is 14.4. The summed E-state index contributed by atoms with van der Waals surface area (Å²) in [6, 6.07) is 10.7. The van der Waals surface area contributed by atoms with Crippen molar-refractivity contribution in [2.45, 2.75) is 42.9 Å². The number of aryl methyl sites for hydroxylation is 1. The maximum absolute atomic E-state index is 14.4. The van der Waals surface area contributed by atoms with Crippen LogP contribution < -0.4 is 0 Å². The van der Waals surface area contributed by atoms with Gasteiger partial charge in [-0.3, -0.25) is 4.90 Å². The SMILES string of the molecule is CS(=O)(=O)c1ccc(CC[C@@]2([C@H]3OCC3(F)F)CCN(Cc3ccc(Cl)cc3)C2)cn1. The molecule has 0 radical (unpaired) electrons. The van der Waals surface area contributed by atoms with Gasteiger partial charge in [-0.05, 0) is 55.1 Å². The van der Waals surface area contributed by atoms with Crippen molar-refractivity contribution < 1.29 is 21.9 Å². The average Bonchev–Trinajstić information content (AvgIpc) is 3.10. The van der Waals surface area contributed by atoms with Crippen LogP contribution in [0.4, 0.5) is 8.78 Å². The number of hydrogen-bond donors (Lipinski definition) is 0. The Hall–Kier alpha value is -1.61. The number of hydrogen-bond acceptors (Lipinski definition) is 5. The highest BCUT2D eigenvalue weighted by Gasteiger charge is 2.61. The lowest BCUT2D eigenvalue weighted by atomic mass is 9.72. The van der Waals surface area contributed by atoms with Crippen molar-refractivity contribution in [2.24, 2.45) is 5.41 Å². The zero-order valence-corrected chi connectivity index (χ0v) is 18.8. The number of sulfone groups is 1. The second-order valence-corrected chi connectivity index (χ2v) is 11.1. The molecule has 3 heterocycles. The monoisotopic (exact) mass is 470 g/mol. The second-order valence-electron chi connectivity index (χ2n) is 8.68. The molecule has 168 valence electrons. The molecule has 2 aromatic rings. The predicted octanol–water partition coefficient (Wildman–Crippen LogP) is 4.00. The van der Waals surface area contributed by atoms with E-state index < -0.39 is 33.9 Å². The van der Waals surface area contributed by atoms with E-state index in [0.29, 0.717) is 43.9 Å². The van der Waals surface area contributed by atoms with Gasteiger partial charge in [0.1, 0.15) is 12.7 Å². The number of likely N-dealkylation sites (tertiary alicyclic amines) is 1. The topological polar surface area (TPSA) is 59.5 Å². The summed E-state index contributed by atoms with van der Waals surface area (Å²) < 4.78 is 57.3. The number of rotatable bonds is 7. The van der Waals surface area contributed by atoms with E-state index in [9.17, 15) is 17.2 Å². The van der Waals surface area contributed by atoms with E-state index in [0.717, 1.165) is 17.4 Å². The number of benzene rings is 1. The molecule has 1 aromatic heterocycles. The van der Waals surface area contributed by atoms with Crippen LogP contribution in [-0.2, 0) is 27.5 Å². The van der Waals surface area contributed by atoms with Crippen molar-refractivity contribution in [2.75, 3.05) is 26.0 Å². The van der Waals surface area contributed by atoms with Crippen molar-refractivity contribution in [3.05, 3.63) is 58.7 Å². The van der Waals surface area contributed by atoms with Gasteiger partial charge in [0.05, 0.1) is 0 Å². The first kappa shape index (κ1) is 22.6. The van der Waals surface area contributed by atoms with E-state index in [-0.39, 0.29) is 5.03 Å². The Morgan fingerprint density at radius 3 is 2.45 bits per heavy atom. The molecule has 31 heavy (non-hydrogen) atoms. The third kappa shape index (κ3) is 4.92. The second kappa shape index (κ2) is 8.39. The lowest BCUT2D eigenvalue weighted by Gasteiger charge is -2.48. The van der Waals surface area contributed by atoms with E-state index >= 15 is 0 Å². The van der Waals surface area contributed by atoms with Gasteiger partial charge in [0.25, 0.3) is 5.92 Å². The molecule has 0 bridgehead atoms. The van der Waals surface area contributed by atoms with Crippen molar-refractivity contribution in [1.29, 1.82) is 0 Å². The smallest absolute Gasteiger partial charge is 0.297 e. The van der Waals surface area contributed by atoms with Crippen LogP contribution in [0.15, 0.2) is 47.6 Å². The third-order valence-electron chi connectivity index (χ3n) is 6.26. The van der Waals surface area contributed by atoms with Gasteiger partial charge in [0.15, 0.2) is 14.9 Å². The molecule has 0 amide bonds. The van der Waals surface area contributed by atoms with Crippen LogP contribution in [0.25, 0.3) is 0 Å². The molecule has 0 N–H and O–H groups in total. The van der Waals surface area contributed by atoms with Gasteiger partial charge in [-0.15, -0.1) is 0 Å². The van der Waals surface area contributed by atoms with E-state index in [4.69, 9.17) is 16.3 Å². The van der Waals surface area contributed by atoms with Gasteiger partial charge < -0.3 is 4.74 Å². The van der Waals surface area contributed by atoms with Crippen molar-refractivity contribution in [3.8, 4) is 0 Å². The van der Waals surface area contributed by atoms with Crippen LogP contribution in [0.2, 0.25) is 5.02 Å². The first-order chi connectivity index (χ1) is 14.6. The molecular weight excluding hydrogens is 446 g/mol. The Kier molecular flexibility index (Phi) is 6.11. The van der Waals surface area contributed by atoms with E-state index in [2.05, 4.69) is 9.88 Å². The summed E-state index contributed by atoms with van der Waals surface area (Å²) >= 11 is 5.96. The summed E-state index contributed by atoms with van der Waals surface area (Å²) in [6.45, 7) is 1.37. The fourth-order valence-electron chi connectivity index (χ4n) is 4.61. The summed E-state index contributed by atoms with van der Waals surface area (Å²) in [6.07, 6.45) is 3.19. The fraction of sp³-hybridized carbons (Fsp3) is 0.500. The summed E-state index contributed by atoms with van der Waals surface area (Å²) in [5.74, 6) is -2.82. The molecule has 4 rings (SSSR count). The molecule has 0 unspecified atom stereocenters. The van der Waals surface area contributed by atoms with Crippen LogP contribution >= 0.6 is 11.6 Å². The molecule has 0 spiro atoms. The first-order valence-electron chi connectivity index (χ1n) is 10.2. The number of pyridine rings is 1. The lowest BCUT2D eigenvalue weighted by molar-refractivity contribution is -0.301. The molecule has 2 aliphatic rings. The Bertz CT molecular complexity index is 1030. The highest BCUT2D eigenvalue weighted by atomic mass is 35.5. The standard InChI is InChI=1S/C22H25ClF2N2O3S/c1-31(28,29)19-7-4-16(12-26-19)8-9-21(20-22(24,25)15-30-20)10-11-27(14-21)13-17-2-5-18(23)6-3-17/h2-7,12,20H,8-11,13-15H2,1H3/t20-,21-/m1/s1. The number of ether oxygens (including phenoxy) is 1. The Labute approximate surface area is 186 Å². The third-order valence-corrected chi connectivity index (χ3v) is 7.51. The minimum atomic E-state index is -3.37. The van der Waals surface area contributed by atoms with Crippen LogP contribution in [-0.4, -0.2) is 56.3 Å². The quantitative estimate of drug-likeness (QED) is 0.612. The largest absolute Gasteiger partial charge is 0.365 e. The maximum Gasteiger partial charge on any atom is 0.297 e. The van der Waals surface area contributed by atoms with Gasteiger partial charge in [0, 0.05) is 36.0 Å². The Balaban J connectivity index is 1.48. The summed E-state index contributed by atoms with van der Waals surface area (Å²) in [5, 5.41) is 0.673. The molecule has 2 aliphatic heterocycles. The molecule has 2 saturated heterocycles. The normalized spacial score (nSPS) is 26.0. The van der Waals surface area contributed by atoms with E-state index in [1.807, 2.05) is 24.3 Å². The Morgan fingerprint density at radius 1 is 1.19 bits per heavy atom. The minimum Gasteiger partial charge on any atom is -0.365 e. The van der Waals surface area contributed by atoms with Gasteiger partial charge in [-0.2, -0.15) is 0 Å². The van der Waals surface area contributed by atoms with Crippen LogP contribution in [0, 0.1) is 5.41 Å².